The van der Waals surface area contributed by atoms with Crippen molar-refractivity contribution in [2.75, 3.05) is 18.0 Å². The van der Waals surface area contributed by atoms with Gasteiger partial charge >= 0.3 is 0 Å². The molecule has 1 aliphatic carbocycles. The fourth-order valence-corrected chi connectivity index (χ4v) is 4.04. The molecule has 1 saturated heterocycles. The highest BCUT2D eigenvalue weighted by Crippen LogP contribution is 2.36. The number of hydrogen-bond donors (Lipinski definition) is 0. The van der Waals surface area contributed by atoms with Crippen LogP contribution >= 0.6 is 0 Å². The average molecular weight is 312 g/mol. The summed E-state index contributed by atoms with van der Waals surface area (Å²) in [7, 11) is 0. The molecular formula is C19H24N2O2. The van der Waals surface area contributed by atoms with Gasteiger partial charge in [0.15, 0.2) is 0 Å². The van der Waals surface area contributed by atoms with Gasteiger partial charge in [-0.15, -0.1) is 0 Å². The second-order valence-electron chi connectivity index (χ2n) is 7.35. The second kappa shape index (κ2) is 5.66. The molecule has 1 aromatic rings. The topological polar surface area (TPSA) is 40.6 Å². The Balaban J connectivity index is 1.60. The highest BCUT2D eigenvalue weighted by atomic mass is 16.2. The fraction of sp³-hybridized carbons (Fsp3) is 0.579. The van der Waals surface area contributed by atoms with Crippen LogP contribution in [-0.4, -0.2) is 35.8 Å². The van der Waals surface area contributed by atoms with Crippen LogP contribution in [0.3, 0.4) is 0 Å². The Kier molecular flexibility index (Phi) is 3.63. The zero-order chi connectivity index (χ0) is 16.0. The normalized spacial score (nSPS) is 27.0. The van der Waals surface area contributed by atoms with Crippen LogP contribution in [0.4, 0.5) is 5.69 Å². The lowest BCUT2D eigenvalue weighted by atomic mass is 9.93. The molecule has 0 spiro atoms. The van der Waals surface area contributed by atoms with Crippen molar-refractivity contribution in [3.63, 3.8) is 0 Å². The Hall–Kier alpha value is -1.84. The number of carbonyl (C=O) groups excluding carboxylic acids is 2. The van der Waals surface area contributed by atoms with Crippen molar-refractivity contribution in [2.24, 2.45) is 11.8 Å². The summed E-state index contributed by atoms with van der Waals surface area (Å²) in [5.74, 6) is 0.980. The third-order valence-electron chi connectivity index (χ3n) is 5.36. The predicted octanol–water partition coefficient (Wildman–Crippen LogP) is 2.61. The van der Waals surface area contributed by atoms with Crippen molar-refractivity contribution in [2.45, 2.75) is 45.1 Å². The standard InChI is InChI=1S/C19H24N2O2/c1-13-11-15-5-2-3-6-16(15)21(12-13)19(23)17-7-4-10-20(17)18(22)14-8-9-14/h2-3,5-6,13-14,17H,4,7-12H2,1H3/t13-,17+/m1/s1. The third-order valence-corrected chi connectivity index (χ3v) is 5.36. The lowest BCUT2D eigenvalue weighted by Crippen LogP contribution is -2.50. The van der Waals surface area contributed by atoms with Gasteiger partial charge in [0.25, 0.3) is 0 Å². The molecule has 3 aliphatic rings. The molecule has 0 aromatic heterocycles. The van der Waals surface area contributed by atoms with Gasteiger partial charge in [-0.25, -0.2) is 0 Å². The van der Waals surface area contributed by atoms with Crippen LogP contribution in [0.25, 0.3) is 0 Å². The summed E-state index contributed by atoms with van der Waals surface area (Å²) in [6, 6.07) is 7.95. The van der Waals surface area contributed by atoms with Gasteiger partial charge in [-0.1, -0.05) is 25.1 Å². The van der Waals surface area contributed by atoms with Crippen molar-refractivity contribution >= 4 is 17.5 Å². The highest BCUT2D eigenvalue weighted by Gasteiger charge is 2.43. The van der Waals surface area contributed by atoms with E-state index < -0.39 is 0 Å². The van der Waals surface area contributed by atoms with Crippen LogP contribution in [0.5, 0.6) is 0 Å². The van der Waals surface area contributed by atoms with E-state index in [1.807, 2.05) is 28.0 Å². The van der Waals surface area contributed by atoms with Crippen LogP contribution in [0, 0.1) is 11.8 Å². The van der Waals surface area contributed by atoms with Crippen molar-refractivity contribution in [1.82, 2.24) is 4.90 Å². The van der Waals surface area contributed by atoms with E-state index in [9.17, 15) is 9.59 Å². The Morgan fingerprint density at radius 1 is 1.09 bits per heavy atom. The number of para-hydroxylation sites is 1. The van der Waals surface area contributed by atoms with Gasteiger partial charge in [0.05, 0.1) is 0 Å². The van der Waals surface area contributed by atoms with Gasteiger partial charge in [0, 0.05) is 24.7 Å². The summed E-state index contributed by atoms with van der Waals surface area (Å²) in [4.78, 5) is 29.5. The van der Waals surface area contributed by atoms with Gasteiger partial charge in [0.1, 0.15) is 6.04 Å². The minimum absolute atomic E-state index is 0.121. The number of hydrogen-bond acceptors (Lipinski definition) is 2. The molecule has 2 amide bonds. The number of likely N-dealkylation sites (tertiary alicyclic amines) is 1. The first-order valence-corrected chi connectivity index (χ1v) is 8.85. The number of anilines is 1. The van der Waals surface area contributed by atoms with Crippen molar-refractivity contribution in [3.8, 4) is 0 Å². The maximum absolute atomic E-state index is 13.2. The number of carbonyl (C=O) groups is 2. The smallest absolute Gasteiger partial charge is 0.249 e. The van der Waals surface area contributed by atoms with Crippen molar-refractivity contribution in [1.29, 1.82) is 0 Å². The fourth-order valence-electron chi connectivity index (χ4n) is 4.04. The summed E-state index contributed by atoms with van der Waals surface area (Å²) in [5, 5.41) is 0. The van der Waals surface area contributed by atoms with Crippen LogP contribution in [0.15, 0.2) is 24.3 Å². The predicted molar refractivity (Wildman–Crippen MR) is 89.1 cm³/mol. The van der Waals surface area contributed by atoms with Crippen molar-refractivity contribution in [3.05, 3.63) is 29.8 Å². The largest absolute Gasteiger partial charge is 0.330 e. The molecule has 2 aliphatic heterocycles. The molecule has 0 N–H and O–H groups in total. The van der Waals surface area contributed by atoms with E-state index in [0.29, 0.717) is 5.92 Å². The summed E-state index contributed by atoms with van der Waals surface area (Å²) in [6.45, 7) is 3.70. The molecule has 122 valence electrons. The minimum Gasteiger partial charge on any atom is -0.330 e. The van der Waals surface area contributed by atoms with E-state index in [4.69, 9.17) is 0 Å². The summed E-state index contributed by atoms with van der Waals surface area (Å²) in [5.41, 5.74) is 2.29. The second-order valence-corrected chi connectivity index (χ2v) is 7.35. The molecule has 1 saturated carbocycles. The van der Waals surface area contributed by atoms with Crippen LogP contribution in [0.2, 0.25) is 0 Å². The highest BCUT2D eigenvalue weighted by molar-refractivity contribution is 6.00. The van der Waals surface area contributed by atoms with Crippen LogP contribution < -0.4 is 4.90 Å². The number of benzene rings is 1. The minimum atomic E-state index is -0.249. The first-order valence-electron chi connectivity index (χ1n) is 8.85. The lowest BCUT2D eigenvalue weighted by molar-refractivity contribution is -0.138. The Labute approximate surface area is 137 Å². The third kappa shape index (κ3) is 2.64. The SMILES string of the molecule is C[C@@H]1Cc2ccccc2N(C(=O)[C@@H]2CCCN2C(=O)C2CC2)C1. The Bertz CT molecular complexity index is 638. The van der Waals surface area contributed by atoms with E-state index >= 15 is 0 Å². The average Bonchev–Trinajstić information content (AvgIpc) is 3.29. The molecule has 2 fully saturated rings. The van der Waals surface area contributed by atoms with Gasteiger partial charge < -0.3 is 9.80 Å². The molecule has 4 rings (SSSR count). The monoisotopic (exact) mass is 312 g/mol. The van der Waals surface area contributed by atoms with E-state index in [-0.39, 0.29) is 23.8 Å². The quantitative estimate of drug-likeness (QED) is 0.842. The van der Waals surface area contributed by atoms with Gasteiger partial charge in [-0.2, -0.15) is 0 Å². The van der Waals surface area contributed by atoms with Gasteiger partial charge in [-0.3, -0.25) is 9.59 Å². The summed E-state index contributed by atoms with van der Waals surface area (Å²) < 4.78 is 0. The Morgan fingerprint density at radius 3 is 2.65 bits per heavy atom. The zero-order valence-corrected chi connectivity index (χ0v) is 13.7. The molecule has 4 nitrogen and oxygen atoms in total. The maximum Gasteiger partial charge on any atom is 0.249 e. The van der Waals surface area contributed by atoms with Crippen LogP contribution in [-0.2, 0) is 16.0 Å². The number of nitrogens with zero attached hydrogens (tertiary/aromatic N) is 2. The van der Waals surface area contributed by atoms with Gasteiger partial charge in [-0.05, 0) is 49.7 Å². The maximum atomic E-state index is 13.2. The molecule has 0 radical (unpaired) electrons. The number of fused-ring (bicyclic) bond motifs is 1. The Morgan fingerprint density at radius 2 is 1.87 bits per heavy atom. The van der Waals surface area contributed by atoms with Crippen molar-refractivity contribution < 1.29 is 9.59 Å². The van der Waals surface area contributed by atoms with Gasteiger partial charge in [0.2, 0.25) is 11.8 Å². The molecule has 2 atom stereocenters. The molecule has 2 heterocycles. The van der Waals surface area contributed by atoms with E-state index in [1.165, 1.54) is 5.56 Å². The van der Waals surface area contributed by atoms with E-state index in [0.717, 1.165) is 50.9 Å². The van der Waals surface area contributed by atoms with E-state index in [2.05, 4.69) is 13.0 Å². The molecular weight excluding hydrogens is 288 g/mol. The summed E-state index contributed by atoms with van der Waals surface area (Å²) >= 11 is 0. The molecule has 0 unspecified atom stereocenters. The molecule has 0 bridgehead atoms. The molecule has 4 heteroatoms. The lowest BCUT2D eigenvalue weighted by Gasteiger charge is -2.36. The zero-order valence-electron chi connectivity index (χ0n) is 13.7. The molecule has 1 aromatic carbocycles. The first-order chi connectivity index (χ1) is 11.1. The van der Waals surface area contributed by atoms with E-state index in [1.54, 1.807) is 0 Å². The number of rotatable bonds is 2. The first kappa shape index (κ1) is 14.7. The summed E-state index contributed by atoms with van der Waals surface area (Å²) in [6.07, 6.45) is 4.78. The number of amides is 2. The molecule has 23 heavy (non-hydrogen) atoms. The van der Waals surface area contributed by atoms with Crippen LogP contribution in [0.1, 0.15) is 38.2 Å².